The molecule has 0 bridgehead atoms. The topological polar surface area (TPSA) is 133 Å². The first-order valence-corrected chi connectivity index (χ1v) is 12.4. The molecule has 2 aromatic rings. The number of Topliss-reactive ketones (excluding diaryl/α,β-unsaturated/α-hetero) is 1. The summed E-state index contributed by atoms with van der Waals surface area (Å²) in [5.74, 6) is -1.94. The molecule has 2 aromatic carbocycles. The fourth-order valence-electron chi connectivity index (χ4n) is 4.43. The smallest absolute Gasteiger partial charge is 0.311 e. The lowest BCUT2D eigenvalue weighted by Gasteiger charge is -2.28. The molecular formula is C27H33N3O7. The molecule has 1 heterocycles. The monoisotopic (exact) mass is 511 g/mol. The molecule has 0 radical (unpaired) electrons. The molecule has 0 saturated carbocycles. The van der Waals surface area contributed by atoms with Gasteiger partial charge in [0.25, 0.3) is 11.7 Å². The fourth-order valence-corrected chi connectivity index (χ4v) is 4.43. The molecular weight excluding hydrogens is 478 g/mol. The van der Waals surface area contributed by atoms with Crippen molar-refractivity contribution < 1.29 is 29.5 Å². The number of carbonyl (C=O) groups excluding carboxylic acids is 2. The first-order chi connectivity index (χ1) is 17.6. The summed E-state index contributed by atoms with van der Waals surface area (Å²) < 4.78 is 5.70. The van der Waals surface area contributed by atoms with Crippen molar-refractivity contribution in [1.29, 1.82) is 0 Å². The maximum absolute atomic E-state index is 13.2. The van der Waals surface area contributed by atoms with Gasteiger partial charge >= 0.3 is 5.69 Å². The molecule has 198 valence electrons. The molecule has 1 unspecified atom stereocenters. The largest absolute Gasteiger partial charge is 0.507 e. The number of aliphatic hydroxyl groups is 1. The number of phenolic OH excluding ortho intramolecular Hbond substituents is 1. The third kappa shape index (κ3) is 5.75. The van der Waals surface area contributed by atoms with E-state index in [9.17, 15) is 29.9 Å². The number of ketones is 1. The number of amides is 1. The Balaban J connectivity index is 2.15. The fraction of sp³-hybridized carbons (Fsp3) is 0.407. The van der Waals surface area contributed by atoms with E-state index in [0.717, 1.165) is 37.2 Å². The van der Waals surface area contributed by atoms with Gasteiger partial charge in [-0.1, -0.05) is 26.8 Å². The van der Waals surface area contributed by atoms with Crippen molar-refractivity contribution >= 4 is 23.1 Å². The minimum Gasteiger partial charge on any atom is -0.507 e. The predicted octanol–water partition coefficient (Wildman–Crippen LogP) is 4.16. The maximum atomic E-state index is 13.2. The Morgan fingerprint density at radius 2 is 1.84 bits per heavy atom. The third-order valence-electron chi connectivity index (χ3n) is 6.51. The Kier molecular flexibility index (Phi) is 8.88. The van der Waals surface area contributed by atoms with Crippen LogP contribution in [-0.2, 0) is 9.59 Å². The normalized spacial score (nSPS) is 17.0. The van der Waals surface area contributed by atoms with Gasteiger partial charge in [-0.3, -0.25) is 19.7 Å². The highest BCUT2D eigenvalue weighted by atomic mass is 16.6. The van der Waals surface area contributed by atoms with E-state index >= 15 is 0 Å². The maximum Gasteiger partial charge on any atom is 0.311 e. The molecule has 10 heteroatoms. The van der Waals surface area contributed by atoms with Crippen molar-refractivity contribution in [2.24, 2.45) is 0 Å². The number of nitro groups is 1. The van der Waals surface area contributed by atoms with Crippen LogP contribution >= 0.6 is 0 Å². The van der Waals surface area contributed by atoms with E-state index in [1.807, 2.05) is 27.7 Å². The van der Waals surface area contributed by atoms with Crippen molar-refractivity contribution in [2.75, 3.05) is 32.8 Å². The molecule has 1 aliphatic rings. The number of benzene rings is 2. The summed E-state index contributed by atoms with van der Waals surface area (Å²) in [6.07, 6.45) is 0.830. The minimum atomic E-state index is -1.06. The summed E-state index contributed by atoms with van der Waals surface area (Å²) in [5, 5.41) is 32.7. The van der Waals surface area contributed by atoms with Gasteiger partial charge in [-0.2, -0.15) is 0 Å². The summed E-state index contributed by atoms with van der Waals surface area (Å²) >= 11 is 0. The standard InChI is InChI=1S/C27H33N3O7/c1-5-14-37-22-11-9-19(15-17(22)4)25(32)23-24(18-8-10-21(31)20(16-18)30(35)36)29(27(34)26(23)33)13-12-28(6-2)7-3/h8-11,15-16,24,31-32H,5-7,12-14H2,1-4H3/b25-23-. The minimum absolute atomic E-state index is 0.161. The van der Waals surface area contributed by atoms with Gasteiger partial charge in [-0.25, -0.2) is 0 Å². The number of phenols is 1. The number of carbonyl (C=O) groups is 2. The van der Waals surface area contributed by atoms with Crippen LogP contribution in [0.2, 0.25) is 0 Å². The Morgan fingerprint density at radius 3 is 2.43 bits per heavy atom. The second-order valence-corrected chi connectivity index (χ2v) is 8.85. The number of aliphatic hydroxyl groups excluding tert-OH is 1. The summed E-state index contributed by atoms with van der Waals surface area (Å²) in [6, 6.07) is 7.61. The molecule has 10 nitrogen and oxygen atoms in total. The van der Waals surface area contributed by atoms with Crippen LogP contribution in [0.4, 0.5) is 5.69 Å². The highest BCUT2D eigenvalue weighted by molar-refractivity contribution is 6.46. The van der Waals surface area contributed by atoms with Crippen LogP contribution in [0.15, 0.2) is 42.0 Å². The van der Waals surface area contributed by atoms with Crippen LogP contribution in [0.5, 0.6) is 11.5 Å². The van der Waals surface area contributed by atoms with Gasteiger partial charge in [-0.15, -0.1) is 0 Å². The van der Waals surface area contributed by atoms with Crippen LogP contribution in [0, 0.1) is 17.0 Å². The number of rotatable bonds is 11. The van der Waals surface area contributed by atoms with Crippen LogP contribution in [-0.4, -0.2) is 69.4 Å². The van der Waals surface area contributed by atoms with Crippen LogP contribution in [0.25, 0.3) is 5.76 Å². The summed E-state index contributed by atoms with van der Waals surface area (Å²) in [7, 11) is 0. The molecule has 2 N–H and O–H groups in total. The Bertz CT molecular complexity index is 1220. The predicted molar refractivity (Wildman–Crippen MR) is 139 cm³/mol. The van der Waals surface area contributed by atoms with Crippen molar-refractivity contribution in [3.63, 3.8) is 0 Å². The van der Waals surface area contributed by atoms with E-state index in [1.54, 1.807) is 18.2 Å². The second kappa shape index (κ2) is 11.9. The number of hydrogen-bond acceptors (Lipinski definition) is 8. The van der Waals surface area contributed by atoms with Gasteiger partial charge in [0.15, 0.2) is 5.75 Å². The summed E-state index contributed by atoms with van der Waals surface area (Å²) in [4.78, 5) is 40.6. The van der Waals surface area contributed by atoms with Crippen molar-refractivity contribution in [2.45, 2.75) is 40.2 Å². The molecule has 1 amide bonds. The quantitative estimate of drug-likeness (QED) is 0.151. The number of aryl methyl sites for hydroxylation is 1. The number of nitrogens with zero attached hydrogens (tertiary/aromatic N) is 3. The van der Waals surface area contributed by atoms with E-state index < -0.39 is 34.1 Å². The van der Waals surface area contributed by atoms with Gasteiger partial charge in [-0.05, 0) is 61.8 Å². The molecule has 1 aliphatic heterocycles. The molecule has 37 heavy (non-hydrogen) atoms. The highest BCUT2D eigenvalue weighted by Gasteiger charge is 2.46. The summed E-state index contributed by atoms with van der Waals surface area (Å²) in [5.41, 5.74) is 0.585. The SMILES string of the molecule is CCCOc1ccc(/C(O)=C2/C(=O)C(=O)N(CCN(CC)CC)C2c2ccc(O)c([N+](=O)[O-])c2)cc1C. The van der Waals surface area contributed by atoms with Crippen LogP contribution in [0.1, 0.15) is 49.9 Å². The lowest BCUT2D eigenvalue weighted by atomic mass is 9.94. The van der Waals surface area contributed by atoms with E-state index in [-0.39, 0.29) is 23.4 Å². The van der Waals surface area contributed by atoms with Crippen LogP contribution in [0.3, 0.4) is 0 Å². The molecule has 0 aromatic heterocycles. The van der Waals surface area contributed by atoms with Gasteiger partial charge in [0, 0.05) is 24.7 Å². The van der Waals surface area contributed by atoms with Gasteiger partial charge in [0.05, 0.1) is 23.1 Å². The van der Waals surface area contributed by atoms with Gasteiger partial charge < -0.3 is 24.7 Å². The number of nitro benzene ring substituents is 1. The average Bonchev–Trinajstić information content (AvgIpc) is 3.13. The Morgan fingerprint density at radius 1 is 1.14 bits per heavy atom. The molecule has 3 rings (SSSR count). The first-order valence-electron chi connectivity index (χ1n) is 12.4. The zero-order chi connectivity index (χ0) is 27.3. The Labute approximate surface area is 215 Å². The lowest BCUT2D eigenvalue weighted by Crippen LogP contribution is -2.38. The molecule has 0 spiro atoms. The van der Waals surface area contributed by atoms with Crippen molar-refractivity contribution in [3.05, 3.63) is 68.8 Å². The highest BCUT2D eigenvalue weighted by Crippen LogP contribution is 2.42. The van der Waals surface area contributed by atoms with E-state index in [2.05, 4.69) is 4.90 Å². The van der Waals surface area contributed by atoms with Crippen molar-refractivity contribution in [1.82, 2.24) is 9.80 Å². The zero-order valence-electron chi connectivity index (χ0n) is 21.6. The number of likely N-dealkylation sites (tertiary alicyclic amines) is 1. The number of aromatic hydroxyl groups is 1. The first kappa shape index (κ1) is 27.7. The van der Waals surface area contributed by atoms with E-state index in [4.69, 9.17) is 4.74 Å². The third-order valence-corrected chi connectivity index (χ3v) is 6.51. The van der Waals surface area contributed by atoms with Crippen molar-refractivity contribution in [3.8, 4) is 11.5 Å². The molecule has 1 atom stereocenters. The zero-order valence-corrected chi connectivity index (χ0v) is 21.6. The summed E-state index contributed by atoms with van der Waals surface area (Å²) in [6.45, 7) is 10.4. The molecule has 1 fully saturated rings. The van der Waals surface area contributed by atoms with Crippen LogP contribution < -0.4 is 4.74 Å². The number of ether oxygens (including phenoxy) is 1. The molecule has 0 aliphatic carbocycles. The molecule has 1 saturated heterocycles. The number of likely N-dealkylation sites (N-methyl/N-ethyl adjacent to an activating group) is 1. The van der Waals surface area contributed by atoms with E-state index in [1.165, 1.54) is 11.0 Å². The lowest BCUT2D eigenvalue weighted by molar-refractivity contribution is -0.385. The second-order valence-electron chi connectivity index (χ2n) is 8.85. The van der Waals surface area contributed by atoms with Gasteiger partial charge in [0.1, 0.15) is 11.5 Å². The van der Waals surface area contributed by atoms with Gasteiger partial charge in [0.2, 0.25) is 0 Å². The number of hydrogen-bond donors (Lipinski definition) is 2. The Hall–Kier alpha value is -3.92. The average molecular weight is 512 g/mol. The van der Waals surface area contributed by atoms with E-state index in [0.29, 0.717) is 24.5 Å².